The molecule has 0 bridgehead atoms. The predicted molar refractivity (Wildman–Crippen MR) is 127 cm³/mol. The number of hydrogen-bond acceptors (Lipinski definition) is 4. The second-order valence-corrected chi connectivity index (χ2v) is 9.57. The van der Waals surface area contributed by atoms with Crippen molar-refractivity contribution in [3.05, 3.63) is 52.3 Å². The van der Waals surface area contributed by atoms with Crippen molar-refractivity contribution in [3.63, 3.8) is 0 Å². The van der Waals surface area contributed by atoms with Crippen LogP contribution in [-0.4, -0.2) is 35.9 Å². The molecule has 1 heterocycles. The topological polar surface area (TPSA) is 67.8 Å². The highest BCUT2D eigenvalue weighted by Crippen LogP contribution is 2.36. The molecule has 6 heteroatoms. The first-order valence-electron chi connectivity index (χ1n) is 11.9. The molecule has 1 aliphatic carbocycles. The zero-order valence-corrected chi connectivity index (χ0v) is 19.8. The number of hydrogen-bond donors (Lipinski definition) is 2. The van der Waals surface area contributed by atoms with E-state index in [9.17, 15) is 9.90 Å². The molecule has 33 heavy (non-hydrogen) atoms. The lowest BCUT2D eigenvalue weighted by Crippen LogP contribution is -2.50. The molecule has 4 rings (SSSR count). The minimum atomic E-state index is -1.16. The monoisotopic (exact) mass is 455 g/mol. The van der Waals surface area contributed by atoms with Gasteiger partial charge in [0.25, 0.3) is 0 Å². The van der Waals surface area contributed by atoms with Crippen LogP contribution in [0.15, 0.2) is 24.3 Å². The summed E-state index contributed by atoms with van der Waals surface area (Å²) in [6.07, 6.45) is 5.23. The van der Waals surface area contributed by atoms with Crippen molar-refractivity contribution in [1.29, 1.82) is 0 Å². The van der Waals surface area contributed by atoms with E-state index < -0.39 is 11.5 Å². The number of aryl methyl sites for hydroxylation is 2. The molecule has 0 radical (unpaired) electrons. The number of nitrogens with one attached hydrogen (secondary N) is 1. The van der Waals surface area contributed by atoms with Gasteiger partial charge >= 0.3 is 5.97 Å². The Morgan fingerprint density at radius 1 is 1.12 bits per heavy atom. The molecule has 2 aliphatic rings. The number of aliphatic carboxylic acids is 1. The van der Waals surface area contributed by atoms with Crippen molar-refractivity contribution < 1.29 is 23.8 Å². The smallest absolute Gasteiger partial charge is 0.329 e. The predicted octanol–water partition coefficient (Wildman–Crippen LogP) is 5.92. The number of halogens is 1. The molecular formula is C27H34FNO4. The van der Waals surface area contributed by atoms with Crippen molar-refractivity contribution in [2.45, 2.75) is 77.5 Å². The number of carboxylic acid groups (broad SMARTS) is 1. The highest BCUT2D eigenvalue weighted by Gasteiger charge is 2.40. The first-order valence-corrected chi connectivity index (χ1v) is 11.9. The van der Waals surface area contributed by atoms with Crippen LogP contribution in [0.5, 0.6) is 0 Å². The lowest BCUT2D eigenvalue weighted by Gasteiger charge is -2.35. The average Bonchev–Trinajstić information content (AvgIpc) is 3.30. The Labute approximate surface area is 195 Å². The van der Waals surface area contributed by atoms with Gasteiger partial charge in [0.1, 0.15) is 11.4 Å². The molecule has 2 aromatic rings. The van der Waals surface area contributed by atoms with Crippen molar-refractivity contribution >= 4 is 11.7 Å². The Kier molecular flexibility index (Phi) is 7.05. The average molecular weight is 456 g/mol. The van der Waals surface area contributed by atoms with E-state index >= 15 is 4.39 Å². The molecule has 178 valence electrons. The van der Waals surface area contributed by atoms with Gasteiger partial charge in [-0.3, -0.25) is 0 Å². The molecule has 1 aliphatic heterocycles. The highest BCUT2D eigenvalue weighted by molar-refractivity contribution is 5.83. The van der Waals surface area contributed by atoms with Crippen LogP contribution in [0.3, 0.4) is 0 Å². The fourth-order valence-corrected chi connectivity index (χ4v) is 5.00. The SMILES string of the molecule is Cc1cc(-c2c(F)cc(NC3(C(=O)O)CCOCC3)cc2COC2CCCC2)cc(C)c1C. The van der Waals surface area contributed by atoms with Crippen LogP contribution < -0.4 is 5.32 Å². The summed E-state index contributed by atoms with van der Waals surface area (Å²) in [7, 11) is 0. The maximum absolute atomic E-state index is 15.7. The molecule has 0 atom stereocenters. The fourth-order valence-electron chi connectivity index (χ4n) is 5.00. The van der Waals surface area contributed by atoms with Gasteiger partial charge in [-0.2, -0.15) is 0 Å². The first-order chi connectivity index (χ1) is 15.8. The van der Waals surface area contributed by atoms with Crippen LogP contribution in [0.25, 0.3) is 11.1 Å². The first kappa shape index (κ1) is 23.7. The zero-order valence-electron chi connectivity index (χ0n) is 19.8. The van der Waals surface area contributed by atoms with Crippen molar-refractivity contribution in [2.75, 3.05) is 18.5 Å². The summed E-state index contributed by atoms with van der Waals surface area (Å²) in [5, 5.41) is 13.1. The van der Waals surface area contributed by atoms with Crippen LogP contribution >= 0.6 is 0 Å². The summed E-state index contributed by atoms with van der Waals surface area (Å²) in [5.74, 6) is -1.32. The summed E-state index contributed by atoms with van der Waals surface area (Å²) in [4.78, 5) is 12.1. The summed E-state index contributed by atoms with van der Waals surface area (Å²) in [6.45, 7) is 7.16. The molecule has 5 nitrogen and oxygen atoms in total. The molecule has 1 saturated carbocycles. The molecule has 2 aromatic carbocycles. The van der Waals surface area contributed by atoms with Gasteiger partial charge in [-0.05, 0) is 73.6 Å². The minimum Gasteiger partial charge on any atom is -0.480 e. The fraction of sp³-hybridized carbons (Fsp3) is 0.519. The van der Waals surface area contributed by atoms with Gasteiger partial charge in [-0.25, -0.2) is 9.18 Å². The Morgan fingerprint density at radius 2 is 1.76 bits per heavy atom. The van der Waals surface area contributed by atoms with Crippen LogP contribution in [-0.2, 0) is 20.9 Å². The summed E-state index contributed by atoms with van der Waals surface area (Å²) in [6, 6.07) is 7.31. The summed E-state index contributed by atoms with van der Waals surface area (Å²) in [5.41, 5.74) is 4.81. The van der Waals surface area contributed by atoms with Crippen LogP contribution in [0.4, 0.5) is 10.1 Å². The standard InChI is InChI=1S/C27H34FNO4/c1-17-12-20(13-18(2)19(17)3)25-21(16-33-23-6-4-5-7-23)14-22(15-24(25)28)29-27(26(30)31)8-10-32-11-9-27/h12-15,23,29H,4-11,16H2,1-3H3,(H,30,31). The molecule has 2 N–H and O–H groups in total. The van der Waals surface area contributed by atoms with E-state index in [-0.39, 0.29) is 11.9 Å². The molecule has 0 amide bonds. The normalized spacial score (nSPS) is 18.4. The van der Waals surface area contributed by atoms with Crippen molar-refractivity contribution in [3.8, 4) is 11.1 Å². The Morgan fingerprint density at radius 3 is 2.36 bits per heavy atom. The third kappa shape index (κ3) is 5.07. The van der Waals surface area contributed by atoms with Crippen LogP contribution in [0.2, 0.25) is 0 Å². The van der Waals surface area contributed by atoms with Gasteiger partial charge in [-0.1, -0.05) is 25.0 Å². The van der Waals surface area contributed by atoms with E-state index in [1.807, 2.05) is 32.0 Å². The van der Waals surface area contributed by atoms with E-state index in [1.165, 1.54) is 11.6 Å². The highest BCUT2D eigenvalue weighted by atomic mass is 19.1. The molecule has 0 aromatic heterocycles. The number of rotatable bonds is 7. The quantitative estimate of drug-likeness (QED) is 0.542. The van der Waals surface area contributed by atoms with Crippen LogP contribution in [0, 0.1) is 26.6 Å². The Balaban J connectivity index is 1.73. The lowest BCUT2D eigenvalue weighted by atomic mass is 9.89. The molecule has 0 unspecified atom stereocenters. The van der Waals surface area contributed by atoms with Gasteiger partial charge < -0.3 is 19.9 Å². The number of benzene rings is 2. The Hall–Kier alpha value is -2.44. The number of anilines is 1. The van der Waals surface area contributed by atoms with E-state index in [0.717, 1.165) is 47.9 Å². The number of carbonyl (C=O) groups is 1. The van der Waals surface area contributed by atoms with E-state index in [0.29, 0.717) is 43.9 Å². The lowest BCUT2D eigenvalue weighted by molar-refractivity contribution is -0.145. The molecular weight excluding hydrogens is 421 g/mol. The second-order valence-electron chi connectivity index (χ2n) is 9.57. The van der Waals surface area contributed by atoms with E-state index in [2.05, 4.69) is 12.2 Å². The largest absolute Gasteiger partial charge is 0.480 e. The summed E-state index contributed by atoms with van der Waals surface area (Å²) < 4.78 is 27.2. The van der Waals surface area contributed by atoms with Crippen molar-refractivity contribution in [1.82, 2.24) is 0 Å². The van der Waals surface area contributed by atoms with Gasteiger partial charge in [0, 0.05) is 37.3 Å². The van der Waals surface area contributed by atoms with Crippen LogP contribution in [0.1, 0.15) is 60.8 Å². The van der Waals surface area contributed by atoms with Gasteiger partial charge in [-0.15, -0.1) is 0 Å². The van der Waals surface area contributed by atoms with Gasteiger partial charge in [0.2, 0.25) is 0 Å². The molecule has 1 saturated heterocycles. The third-order valence-corrected chi connectivity index (χ3v) is 7.30. The van der Waals surface area contributed by atoms with E-state index in [4.69, 9.17) is 9.47 Å². The van der Waals surface area contributed by atoms with Gasteiger partial charge in [0.05, 0.1) is 12.7 Å². The maximum atomic E-state index is 15.7. The maximum Gasteiger partial charge on any atom is 0.329 e. The minimum absolute atomic E-state index is 0.194. The number of carboxylic acids is 1. The van der Waals surface area contributed by atoms with Gasteiger partial charge in [0.15, 0.2) is 0 Å². The molecule has 0 spiro atoms. The Bertz CT molecular complexity index is 1000. The third-order valence-electron chi connectivity index (χ3n) is 7.30. The summed E-state index contributed by atoms with van der Waals surface area (Å²) >= 11 is 0. The second kappa shape index (κ2) is 9.82. The van der Waals surface area contributed by atoms with Crippen molar-refractivity contribution in [2.24, 2.45) is 0 Å². The zero-order chi connectivity index (χ0) is 23.6. The molecule has 2 fully saturated rings. The number of ether oxygens (including phenoxy) is 2. The van der Waals surface area contributed by atoms with E-state index in [1.54, 1.807) is 0 Å².